The number of rotatable bonds is 5. The van der Waals surface area contributed by atoms with E-state index in [1.807, 2.05) is 36.4 Å². The predicted molar refractivity (Wildman–Crippen MR) is 128 cm³/mol. The van der Waals surface area contributed by atoms with E-state index in [-0.39, 0.29) is 4.90 Å². The number of hydrogen-bond acceptors (Lipinski definition) is 5. The summed E-state index contributed by atoms with van der Waals surface area (Å²) in [7, 11) is -3.69. The van der Waals surface area contributed by atoms with E-state index in [4.69, 9.17) is 0 Å². The molecule has 6 heteroatoms. The van der Waals surface area contributed by atoms with Crippen molar-refractivity contribution in [1.82, 2.24) is 9.88 Å². The molecule has 5 nitrogen and oxygen atoms in total. The molecule has 3 aromatic carbocycles. The molecule has 0 amide bonds. The molecule has 0 N–H and O–H groups in total. The van der Waals surface area contributed by atoms with Crippen LogP contribution < -0.4 is 4.90 Å². The molecule has 1 fully saturated rings. The second-order valence-electron chi connectivity index (χ2n) is 8.05. The summed E-state index contributed by atoms with van der Waals surface area (Å²) in [6.45, 7) is 4.17. The molecule has 0 radical (unpaired) electrons. The van der Waals surface area contributed by atoms with Gasteiger partial charge in [0.25, 0.3) is 0 Å². The Bertz CT molecular complexity index is 1320. The highest BCUT2D eigenvalue weighted by Gasteiger charge is 2.28. The van der Waals surface area contributed by atoms with Crippen LogP contribution in [0.25, 0.3) is 10.9 Å². The summed E-state index contributed by atoms with van der Waals surface area (Å²) in [5.41, 5.74) is 2.86. The van der Waals surface area contributed by atoms with Gasteiger partial charge in [0.1, 0.15) is 4.90 Å². The number of piperazine rings is 1. The molecular formula is C26H25N3O2S. The Morgan fingerprint density at radius 2 is 1.38 bits per heavy atom. The van der Waals surface area contributed by atoms with Crippen molar-refractivity contribution in [3.05, 3.63) is 96.7 Å². The molecule has 0 saturated carbocycles. The summed E-state index contributed by atoms with van der Waals surface area (Å²) in [6.07, 6.45) is 1.52. The Morgan fingerprint density at radius 3 is 2.09 bits per heavy atom. The van der Waals surface area contributed by atoms with Crippen molar-refractivity contribution < 1.29 is 8.42 Å². The van der Waals surface area contributed by atoms with E-state index in [1.165, 1.54) is 11.8 Å². The molecule has 0 atom stereocenters. The van der Waals surface area contributed by atoms with Crippen molar-refractivity contribution in [2.45, 2.75) is 16.3 Å². The van der Waals surface area contributed by atoms with E-state index < -0.39 is 9.84 Å². The third-order valence-electron chi connectivity index (χ3n) is 5.99. The number of hydrogen-bond donors (Lipinski definition) is 0. The van der Waals surface area contributed by atoms with Gasteiger partial charge >= 0.3 is 0 Å². The minimum atomic E-state index is -3.69. The summed E-state index contributed by atoms with van der Waals surface area (Å²) in [4.78, 5) is 9.68. The van der Waals surface area contributed by atoms with E-state index in [9.17, 15) is 8.42 Å². The summed E-state index contributed by atoms with van der Waals surface area (Å²) >= 11 is 0. The zero-order chi connectivity index (χ0) is 22.0. The van der Waals surface area contributed by atoms with Gasteiger partial charge in [-0.2, -0.15) is 0 Å². The summed E-state index contributed by atoms with van der Waals surface area (Å²) in [6, 6.07) is 26.9. The minimum absolute atomic E-state index is 0.277. The molecule has 32 heavy (non-hydrogen) atoms. The number of sulfone groups is 1. The molecule has 0 unspecified atom stereocenters. The molecule has 5 rings (SSSR count). The lowest BCUT2D eigenvalue weighted by molar-refractivity contribution is 0.249. The molecule has 1 aliphatic rings. The second kappa shape index (κ2) is 8.73. The average Bonchev–Trinajstić information content (AvgIpc) is 2.85. The zero-order valence-corrected chi connectivity index (χ0v) is 18.6. The maximum Gasteiger partial charge on any atom is 0.210 e. The fourth-order valence-electron chi connectivity index (χ4n) is 4.33. The van der Waals surface area contributed by atoms with Crippen LogP contribution in [-0.4, -0.2) is 44.5 Å². The Kier molecular flexibility index (Phi) is 5.64. The molecule has 1 saturated heterocycles. The first-order valence-corrected chi connectivity index (χ1v) is 12.3. The normalized spacial score (nSPS) is 15.2. The SMILES string of the molecule is O=S(=O)(c1ccccc1)c1cnc2ccccc2c1N1CCN(Cc2ccccc2)CC1. The topological polar surface area (TPSA) is 53.5 Å². The Balaban J connectivity index is 1.50. The van der Waals surface area contributed by atoms with Gasteiger partial charge in [-0.25, -0.2) is 8.42 Å². The lowest BCUT2D eigenvalue weighted by atomic mass is 10.1. The molecular weight excluding hydrogens is 418 g/mol. The van der Waals surface area contributed by atoms with Gasteiger partial charge in [-0.1, -0.05) is 66.7 Å². The highest BCUT2D eigenvalue weighted by Crippen LogP contribution is 2.36. The van der Waals surface area contributed by atoms with Gasteiger partial charge in [0.2, 0.25) is 9.84 Å². The van der Waals surface area contributed by atoms with Gasteiger partial charge in [0.05, 0.1) is 16.1 Å². The van der Waals surface area contributed by atoms with Crippen LogP contribution in [-0.2, 0) is 16.4 Å². The lowest BCUT2D eigenvalue weighted by Crippen LogP contribution is -2.46. The van der Waals surface area contributed by atoms with Crippen molar-refractivity contribution in [3.63, 3.8) is 0 Å². The largest absolute Gasteiger partial charge is 0.367 e. The van der Waals surface area contributed by atoms with Gasteiger partial charge < -0.3 is 4.90 Å². The first-order valence-electron chi connectivity index (χ1n) is 10.8. The Morgan fingerprint density at radius 1 is 0.750 bits per heavy atom. The van der Waals surface area contributed by atoms with Gasteiger partial charge in [0, 0.05) is 44.3 Å². The average molecular weight is 444 g/mol. The summed E-state index contributed by atoms with van der Waals surface area (Å²) in [5.74, 6) is 0. The van der Waals surface area contributed by atoms with Crippen LogP contribution >= 0.6 is 0 Å². The highest BCUT2D eigenvalue weighted by atomic mass is 32.2. The molecule has 0 aliphatic carbocycles. The number of aromatic nitrogens is 1. The minimum Gasteiger partial charge on any atom is -0.367 e. The second-order valence-corrected chi connectivity index (χ2v) is 9.97. The fraction of sp³-hybridized carbons (Fsp3) is 0.192. The number of fused-ring (bicyclic) bond motifs is 1. The standard InChI is InChI=1S/C26H25N3O2S/c30-32(31,22-11-5-2-6-12-22)25-19-27-24-14-8-7-13-23(24)26(25)29-17-15-28(16-18-29)20-21-9-3-1-4-10-21/h1-14,19H,15-18,20H2. The fourth-order valence-corrected chi connectivity index (χ4v) is 5.78. The monoisotopic (exact) mass is 443 g/mol. The molecule has 1 aromatic heterocycles. The van der Waals surface area contributed by atoms with Crippen molar-refractivity contribution in [2.24, 2.45) is 0 Å². The van der Waals surface area contributed by atoms with Crippen molar-refractivity contribution in [1.29, 1.82) is 0 Å². The Labute approximate surface area is 188 Å². The number of benzene rings is 3. The number of nitrogens with zero attached hydrogens (tertiary/aromatic N) is 3. The molecule has 0 bridgehead atoms. The Hall–Kier alpha value is -3.22. The number of para-hydroxylation sites is 1. The van der Waals surface area contributed by atoms with Crippen LogP contribution in [0.2, 0.25) is 0 Å². The zero-order valence-electron chi connectivity index (χ0n) is 17.8. The van der Waals surface area contributed by atoms with Crippen LogP contribution in [0.4, 0.5) is 5.69 Å². The first kappa shape index (κ1) is 20.7. The van der Waals surface area contributed by atoms with Crippen molar-refractivity contribution >= 4 is 26.4 Å². The van der Waals surface area contributed by atoms with E-state index in [2.05, 4.69) is 39.0 Å². The molecule has 1 aliphatic heterocycles. The number of anilines is 1. The van der Waals surface area contributed by atoms with Crippen LogP contribution in [0.15, 0.2) is 101 Å². The number of pyridine rings is 1. The van der Waals surface area contributed by atoms with Crippen molar-refractivity contribution in [3.8, 4) is 0 Å². The van der Waals surface area contributed by atoms with Crippen LogP contribution in [0, 0.1) is 0 Å². The van der Waals surface area contributed by atoms with Gasteiger partial charge in [-0.05, 0) is 23.8 Å². The van der Waals surface area contributed by atoms with Crippen LogP contribution in [0.1, 0.15) is 5.56 Å². The molecule has 2 heterocycles. The van der Waals surface area contributed by atoms with E-state index >= 15 is 0 Å². The third kappa shape index (κ3) is 3.99. The highest BCUT2D eigenvalue weighted by molar-refractivity contribution is 7.91. The molecule has 4 aromatic rings. The van der Waals surface area contributed by atoms with E-state index in [1.54, 1.807) is 24.3 Å². The van der Waals surface area contributed by atoms with Crippen molar-refractivity contribution in [2.75, 3.05) is 31.1 Å². The quantitative estimate of drug-likeness (QED) is 0.458. The smallest absolute Gasteiger partial charge is 0.210 e. The summed E-state index contributed by atoms with van der Waals surface area (Å²) in [5, 5.41) is 0.876. The van der Waals surface area contributed by atoms with E-state index in [0.29, 0.717) is 4.90 Å². The maximum atomic E-state index is 13.6. The third-order valence-corrected chi connectivity index (χ3v) is 7.76. The molecule has 0 spiro atoms. The van der Waals surface area contributed by atoms with E-state index in [0.717, 1.165) is 49.3 Å². The summed E-state index contributed by atoms with van der Waals surface area (Å²) < 4.78 is 27.1. The predicted octanol–water partition coefficient (Wildman–Crippen LogP) is 4.39. The van der Waals surface area contributed by atoms with Crippen LogP contribution in [0.3, 0.4) is 0 Å². The lowest BCUT2D eigenvalue weighted by Gasteiger charge is -2.37. The van der Waals surface area contributed by atoms with Gasteiger partial charge in [-0.15, -0.1) is 0 Å². The maximum absolute atomic E-state index is 13.6. The molecule has 162 valence electrons. The first-order chi connectivity index (χ1) is 15.6. The van der Waals surface area contributed by atoms with Gasteiger partial charge in [-0.3, -0.25) is 9.88 Å². The van der Waals surface area contributed by atoms with Gasteiger partial charge in [0.15, 0.2) is 0 Å². The van der Waals surface area contributed by atoms with Crippen LogP contribution in [0.5, 0.6) is 0 Å².